The van der Waals surface area contributed by atoms with E-state index in [-0.39, 0.29) is 0 Å². The summed E-state index contributed by atoms with van der Waals surface area (Å²) in [6.07, 6.45) is 3.95. The molecule has 1 N–H and O–H groups in total. The zero-order valence-corrected chi connectivity index (χ0v) is 8.75. The van der Waals surface area contributed by atoms with E-state index in [4.69, 9.17) is 4.74 Å². The van der Waals surface area contributed by atoms with Crippen LogP contribution in [0.1, 0.15) is 26.2 Å². The molecule has 0 aromatic heterocycles. The first-order valence-electron chi connectivity index (χ1n) is 5.58. The molecule has 0 amide bonds. The molecule has 1 saturated carbocycles. The number of ether oxygens (including phenoxy) is 1. The molecule has 2 heteroatoms. The highest BCUT2D eigenvalue weighted by Crippen LogP contribution is 2.44. The maximum atomic E-state index is 5.39. The van der Waals surface area contributed by atoms with E-state index in [0.717, 1.165) is 37.0 Å². The smallest absolute Gasteiger partial charge is 0.0469 e. The van der Waals surface area contributed by atoms with Gasteiger partial charge in [-0.05, 0) is 44.1 Å². The van der Waals surface area contributed by atoms with Gasteiger partial charge in [-0.1, -0.05) is 6.92 Å². The Kier molecular flexibility index (Phi) is 2.89. The molecule has 13 heavy (non-hydrogen) atoms. The van der Waals surface area contributed by atoms with E-state index in [1.807, 2.05) is 0 Å². The SMILES string of the molecule is CNC(C1CCOCC1)C1CC1C. The Labute approximate surface area is 81.0 Å². The van der Waals surface area contributed by atoms with Crippen LogP contribution in [-0.4, -0.2) is 26.3 Å². The minimum absolute atomic E-state index is 0.763. The summed E-state index contributed by atoms with van der Waals surface area (Å²) in [5.41, 5.74) is 0. The minimum Gasteiger partial charge on any atom is -0.381 e. The van der Waals surface area contributed by atoms with E-state index in [1.165, 1.54) is 19.3 Å². The van der Waals surface area contributed by atoms with Crippen molar-refractivity contribution in [1.29, 1.82) is 0 Å². The van der Waals surface area contributed by atoms with Gasteiger partial charge in [0.2, 0.25) is 0 Å². The summed E-state index contributed by atoms with van der Waals surface area (Å²) in [6, 6.07) is 0.763. The van der Waals surface area contributed by atoms with Gasteiger partial charge >= 0.3 is 0 Å². The standard InChI is InChI=1S/C11H21NO/c1-8-7-10(8)11(12-2)9-3-5-13-6-4-9/h8-12H,3-7H2,1-2H3. The Morgan fingerprint density at radius 1 is 1.31 bits per heavy atom. The average Bonchev–Trinajstić information content (AvgIpc) is 2.86. The molecule has 2 aliphatic rings. The summed E-state index contributed by atoms with van der Waals surface area (Å²) in [7, 11) is 2.12. The van der Waals surface area contributed by atoms with Crippen LogP contribution in [0.4, 0.5) is 0 Å². The van der Waals surface area contributed by atoms with Gasteiger partial charge in [0.15, 0.2) is 0 Å². The highest BCUT2D eigenvalue weighted by Gasteiger charge is 2.42. The van der Waals surface area contributed by atoms with E-state index < -0.39 is 0 Å². The first-order chi connectivity index (χ1) is 6.33. The molecule has 0 aromatic carbocycles. The molecule has 76 valence electrons. The van der Waals surface area contributed by atoms with Crippen LogP contribution in [0.3, 0.4) is 0 Å². The molecule has 0 aromatic rings. The van der Waals surface area contributed by atoms with Crippen molar-refractivity contribution in [3.05, 3.63) is 0 Å². The lowest BCUT2D eigenvalue weighted by Gasteiger charge is -2.30. The largest absolute Gasteiger partial charge is 0.381 e. The molecule has 2 fully saturated rings. The Morgan fingerprint density at radius 2 is 1.92 bits per heavy atom. The zero-order valence-electron chi connectivity index (χ0n) is 8.75. The molecule has 0 radical (unpaired) electrons. The van der Waals surface area contributed by atoms with Gasteiger partial charge < -0.3 is 10.1 Å². The molecular formula is C11H21NO. The molecule has 1 aliphatic heterocycles. The molecule has 3 atom stereocenters. The second kappa shape index (κ2) is 3.97. The van der Waals surface area contributed by atoms with Crippen molar-refractivity contribution in [2.24, 2.45) is 17.8 Å². The van der Waals surface area contributed by atoms with E-state index in [0.29, 0.717) is 0 Å². The first-order valence-corrected chi connectivity index (χ1v) is 5.58. The number of hydrogen-bond acceptors (Lipinski definition) is 2. The fraction of sp³-hybridized carbons (Fsp3) is 1.00. The number of hydrogen-bond donors (Lipinski definition) is 1. The summed E-state index contributed by atoms with van der Waals surface area (Å²) >= 11 is 0. The van der Waals surface area contributed by atoms with Crippen LogP contribution in [0.25, 0.3) is 0 Å². The summed E-state index contributed by atoms with van der Waals surface area (Å²) in [4.78, 5) is 0. The van der Waals surface area contributed by atoms with Crippen LogP contribution in [0.2, 0.25) is 0 Å². The Morgan fingerprint density at radius 3 is 2.38 bits per heavy atom. The fourth-order valence-corrected chi connectivity index (χ4v) is 2.73. The first kappa shape index (κ1) is 9.47. The molecule has 0 spiro atoms. The predicted molar refractivity (Wildman–Crippen MR) is 53.7 cm³/mol. The lowest BCUT2D eigenvalue weighted by Crippen LogP contribution is -2.39. The third-order valence-corrected chi connectivity index (χ3v) is 3.74. The zero-order chi connectivity index (χ0) is 9.26. The molecule has 2 nitrogen and oxygen atoms in total. The summed E-state index contributed by atoms with van der Waals surface area (Å²) < 4.78 is 5.39. The van der Waals surface area contributed by atoms with Crippen LogP contribution in [0, 0.1) is 17.8 Å². The molecule has 0 bridgehead atoms. The Balaban J connectivity index is 1.87. The lowest BCUT2D eigenvalue weighted by molar-refractivity contribution is 0.0512. The monoisotopic (exact) mass is 183 g/mol. The minimum atomic E-state index is 0.763. The van der Waals surface area contributed by atoms with Crippen molar-refractivity contribution < 1.29 is 4.74 Å². The summed E-state index contributed by atoms with van der Waals surface area (Å²) in [6.45, 7) is 4.32. The van der Waals surface area contributed by atoms with Crippen molar-refractivity contribution in [3.63, 3.8) is 0 Å². The Bertz CT molecular complexity index is 165. The third-order valence-electron chi connectivity index (χ3n) is 3.74. The van der Waals surface area contributed by atoms with E-state index in [1.54, 1.807) is 0 Å². The molecular weight excluding hydrogens is 162 g/mol. The molecule has 3 unspecified atom stereocenters. The van der Waals surface area contributed by atoms with Crippen molar-refractivity contribution in [2.45, 2.75) is 32.2 Å². The quantitative estimate of drug-likeness (QED) is 0.718. The predicted octanol–water partition coefficient (Wildman–Crippen LogP) is 1.66. The summed E-state index contributed by atoms with van der Waals surface area (Å²) in [5, 5.41) is 3.51. The van der Waals surface area contributed by atoms with Gasteiger partial charge in [0.1, 0.15) is 0 Å². The van der Waals surface area contributed by atoms with Crippen molar-refractivity contribution >= 4 is 0 Å². The molecule has 1 heterocycles. The molecule has 1 saturated heterocycles. The van der Waals surface area contributed by atoms with Crippen LogP contribution in [0.5, 0.6) is 0 Å². The molecule has 1 aliphatic carbocycles. The number of nitrogens with one attached hydrogen (secondary N) is 1. The summed E-state index contributed by atoms with van der Waals surface area (Å²) in [5.74, 6) is 2.78. The maximum Gasteiger partial charge on any atom is 0.0469 e. The second-order valence-electron chi connectivity index (χ2n) is 4.64. The van der Waals surface area contributed by atoms with Gasteiger partial charge in [0, 0.05) is 19.3 Å². The Hall–Kier alpha value is -0.0800. The van der Waals surface area contributed by atoms with E-state index in [2.05, 4.69) is 19.3 Å². The van der Waals surface area contributed by atoms with Gasteiger partial charge in [0.05, 0.1) is 0 Å². The highest BCUT2D eigenvalue weighted by atomic mass is 16.5. The van der Waals surface area contributed by atoms with Crippen molar-refractivity contribution in [2.75, 3.05) is 20.3 Å². The van der Waals surface area contributed by atoms with E-state index in [9.17, 15) is 0 Å². The van der Waals surface area contributed by atoms with Crippen LogP contribution in [0.15, 0.2) is 0 Å². The molecule has 2 rings (SSSR count). The highest BCUT2D eigenvalue weighted by molar-refractivity contribution is 4.95. The van der Waals surface area contributed by atoms with Gasteiger partial charge in [-0.3, -0.25) is 0 Å². The van der Waals surface area contributed by atoms with E-state index >= 15 is 0 Å². The normalized spacial score (nSPS) is 37.4. The van der Waals surface area contributed by atoms with Gasteiger partial charge in [-0.25, -0.2) is 0 Å². The second-order valence-corrected chi connectivity index (χ2v) is 4.64. The van der Waals surface area contributed by atoms with Crippen LogP contribution < -0.4 is 5.32 Å². The lowest BCUT2D eigenvalue weighted by atomic mass is 9.88. The van der Waals surface area contributed by atoms with Crippen molar-refractivity contribution in [3.8, 4) is 0 Å². The fourth-order valence-electron chi connectivity index (χ4n) is 2.73. The number of rotatable bonds is 3. The van der Waals surface area contributed by atoms with Crippen LogP contribution in [-0.2, 0) is 4.74 Å². The van der Waals surface area contributed by atoms with Crippen LogP contribution >= 0.6 is 0 Å². The average molecular weight is 183 g/mol. The maximum absolute atomic E-state index is 5.39. The topological polar surface area (TPSA) is 21.3 Å². The third kappa shape index (κ3) is 2.05. The van der Waals surface area contributed by atoms with Crippen molar-refractivity contribution in [1.82, 2.24) is 5.32 Å². The van der Waals surface area contributed by atoms with Gasteiger partial charge in [0.25, 0.3) is 0 Å². The van der Waals surface area contributed by atoms with Gasteiger partial charge in [-0.2, -0.15) is 0 Å². The van der Waals surface area contributed by atoms with Gasteiger partial charge in [-0.15, -0.1) is 0 Å².